The Morgan fingerprint density at radius 3 is 2.54 bits per heavy atom. The number of hydrogen-bond acceptors (Lipinski definition) is 6. The van der Waals surface area contributed by atoms with Gasteiger partial charge in [-0.3, -0.25) is 19.0 Å². The molecule has 1 aliphatic heterocycles. The number of hydrogen-bond donors (Lipinski definition) is 1. The number of methoxy groups -OCH3 is 1. The maximum Gasteiger partial charge on any atom is 0.261 e. The van der Waals surface area contributed by atoms with Gasteiger partial charge >= 0.3 is 0 Å². The molecule has 2 amide bonds. The van der Waals surface area contributed by atoms with Gasteiger partial charge in [-0.05, 0) is 35.9 Å². The molecule has 11 heteroatoms. The van der Waals surface area contributed by atoms with Crippen LogP contribution in [0.25, 0.3) is 10.9 Å². The maximum absolute atomic E-state index is 13.1. The molecule has 1 aliphatic rings. The van der Waals surface area contributed by atoms with Gasteiger partial charge in [0.2, 0.25) is 11.8 Å². The molecule has 0 unspecified atom stereocenters. The van der Waals surface area contributed by atoms with E-state index in [4.69, 9.17) is 27.9 Å². The fraction of sp³-hybridized carbons (Fsp3) is 0.333. The van der Waals surface area contributed by atoms with E-state index >= 15 is 0 Å². The summed E-state index contributed by atoms with van der Waals surface area (Å²) in [5.74, 6) is -0.359. The second-order valence-electron chi connectivity index (χ2n) is 8.21. The molecule has 2 heterocycles. The molecule has 1 N–H and O–H groups in total. The summed E-state index contributed by atoms with van der Waals surface area (Å²) in [5, 5.41) is 4.06. The number of halogens is 2. The molecule has 1 saturated heterocycles. The minimum Gasteiger partial charge on any atom is -0.375 e. The Bertz CT molecular complexity index is 1300. The topological polar surface area (TPSA) is 96.8 Å². The number of fused-ring (bicyclic) bond motifs is 1. The van der Waals surface area contributed by atoms with Crippen LogP contribution in [0.4, 0.5) is 5.69 Å². The Morgan fingerprint density at radius 2 is 1.83 bits per heavy atom. The SMILES string of the molecule is COCC(=O)N1CCN(c2ccc3ncn(CC(=O)NCc4ccc(Cl)c(Cl)c4)c(=O)c3c2)CC1. The van der Waals surface area contributed by atoms with E-state index in [1.807, 2.05) is 6.07 Å². The highest BCUT2D eigenvalue weighted by molar-refractivity contribution is 6.42. The Labute approximate surface area is 212 Å². The molecule has 35 heavy (non-hydrogen) atoms. The highest BCUT2D eigenvalue weighted by Crippen LogP contribution is 2.23. The Morgan fingerprint density at radius 1 is 1.06 bits per heavy atom. The van der Waals surface area contributed by atoms with Gasteiger partial charge in [0.25, 0.3) is 5.56 Å². The van der Waals surface area contributed by atoms with Gasteiger partial charge in [-0.2, -0.15) is 0 Å². The van der Waals surface area contributed by atoms with Crippen LogP contribution in [0.3, 0.4) is 0 Å². The van der Waals surface area contributed by atoms with Gasteiger partial charge in [0, 0.05) is 45.5 Å². The molecular formula is C24H25Cl2N5O4. The molecule has 1 aromatic heterocycles. The Kier molecular flexibility index (Phi) is 7.90. The second kappa shape index (κ2) is 11.1. The summed E-state index contributed by atoms with van der Waals surface area (Å²) >= 11 is 11.9. The minimum atomic E-state index is -0.327. The molecular weight excluding hydrogens is 493 g/mol. The van der Waals surface area contributed by atoms with Crippen molar-refractivity contribution in [3.63, 3.8) is 0 Å². The molecule has 0 bridgehead atoms. The van der Waals surface area contributed by atoms with Crippen molar-refractivity contribution in [3.05, 3.63) is 68.7 Å². The van der Waals surface area contributed by atoms with Crippen LogP contribution in [0.15, 0.2) is 47.5 Å². The van der Waals surface area contributed by atoms with E-state index in [0.29, 0.717) is 47.1 Å². The first-order valence-electron chi connectivity index (χ1n) is 11.1. The van der Waals surface area contributed by atoms with Gasteiger partial charge in [0.1, 0.15) is 13.2 Å². The zero-order chi connectivity index (χ0) is 24.9. The number of piperazine rings is 1. The lowest BCUT2D eigenvalue weighted by atomic mass is 10.2. The van der Waals surface area contributed by atoms with E-state index in [9.17, 15) is 14.4 Å². The van der Waals surface area contributed by atoms with Gasteiger partial charge in [-0.1, -0.05) is 29.3 Å². The monoisotopic (exact) mass is 517 g/mol. The van der Waals surface area contributed by atoms with Crippen LogP contribution in [-0.2, 0) is 27.4 Å². The lowest BCUT2D eigenvalue weighted by molar-refractivity contribution is -0.135. The number of anilines is 1. The van der Waals surface area contributed by atoms with Crippen molar-refractivity contribution in [3.8, 4) is 0 Å². The van der Waals surface area contributed by atoms with Crippen LogP contribution < -0.4 is 15.8 Å². The third kappa shape index (κ3) is 5.93. The first kappa shape index (κ1) is 25.0. The molecule has 3 aromatic rings. The first-order valence-corrected chi connectivity index (χ1v) is 11.8. The zero-order valence-corrected chi connectivity index (χ0v) is 20.7. The van der Waals surface area contributed by atoms with E-state index < -0.39 is 0 Å². The minimum absolute atomic E-state index is 0.0322. The van der Waals surface area contributed by atoms with Crippen molar-refractivity contribution in [2.24, 2.45) is 0 Å². The van der Waals surface area contributed by atoms with Crippen molar-refractivity contribution >= 4 is 51.6 Å². The number of rotatable bonds is 7. The second-order valence-corrected chi connectivity index (χ2v) is 9.02. The van der Waals surface area contributed by atoms with Gasteiger partial charge < -0.3 is 19.9 Å². The molecule has 184 valence electrons. The summed E-state index contributed by atoms with van der Waals surface area (Å²) in [6, 6.07) is 10.6. The highest BCUT2D eigenvalue weighted by Gasteiger charge is 2.21. The fourth-order valence-electron chi connectivity index (χ4n) is 3.95. The highest BCUT2D eigenvalue weighted by atomic mass is 35.5. The van der Waals surface area contributed by atoms with Crippen LogP contribution in [-0.4, -0.2) is 66.2 Å². The quantitative estimate of drug-likeness (QED) is 0.516. The largest absolute Gasteiger partial charge is 0.375 e. The summed E-state index contributed by atoms with van der Waals surface area (Å²) in [6.45, 7) is 2.62. The van der Waals surface area contributed by atoms with Crippen molar-refractivity contribution in [1.29, 1.82) is 0 Å². The average Bonchev–Trinajstić information content (AvgIpc) is 2.86. The molecule has 4 rings (SSSR count). The molecule has 0 atom stereocenters. The summed E-state index contributed by atoms with van der Waals surface area (Å²) < 4.78 is 6.22. The molecule has 0 radical (unpaired) electrons. The standard InChI is InChI=1S/C24H25Cl2N5O4/c1-35-14-23(33)30-8-6-29(7-9-30)17-3-5-21-18(11-17)24(34)31(15-28-21)13-22(32)27-12-16-2-4-19(25)20(26)10-16/h2-5,10-11,15H,6-9,12-14H2,1H3,(H,27,32). The smallest absolute Gasteiger partial charge is 0.261 e. The first-order chi connectivity index (χ1) is 16.9. The van der Waals surface area contributed by atoms with Crippen molar-refractivity contribution in [1.82, 2.24) is 19.8 Å². The van der Waals surface area contributed by atoms with Crippen LogP contribution in [0.5, 0.6) is 0 Å². The van der Waals surface area contributed by atoms with E-state index in [-0.39, 0.29) is 37.1 Å². The fourth-order valence-corrected chi connectivity index (χ4v) is 4.27. The Hall–Kier alpha value is -3.14. The zero-order valence-electron chi connectivity index (χ0n) is 19.2. The number of aromatic nitrogens is 2. The summed E-state index contributed by atoms with van der Waals surface area (Å²) in [6.07, 6.45) is 1.38. The van der Waals surface area contributed by atoms with Crippen molar-refractivity contribution in [2.75, 3.05) is 44.8 Å². The number of amides is 2. The van der Waals surface area contributed by atoms with Crippen molar-refractivity contribution < 1.29 is 14.3 Å². The molecule has 0 aliphatic carbocycles. The number of nitrogens with zero attached hydrogens (tertiary/aromatic N) is 4. The predicted molar refractivity (Wildman–Crippen MR) is 135 cm³/mol. The van der Waals surface area contributed by atoms with E-state index in [1.165, 1.54) is 18.0 Å². The van der Waals surface area contributed by atoms with Crippen LogP contribution >= 0.6 is 23.2 Å². The number of benzene rings is 2. The average molecular weight is 518 g/mol. The van der Waals surface area contributed by atoms with E-state index in [2.05, 4.69) is 15.2 Å². The van der Waals surface area contributed by atoms with Crippen LogP contribution in [0.1, 0.15) is 5.56 Å². The van der Waals surface area contributed by atoms with Crippen molar-refractivity contribution in [2.45, 2.75) is 13.1 Å². The predicted octanol–water partition coefficient (Wildman–Crippen LogP) is 2.31. The summed E-state index contributed by atoms with van der Waals surface area (Å²) in [4.78, 5) is 45.8. The van der Waals surface area contributed by atoms with E-state index in [0.717, 1.165) is 11.3 Å². The van der Waals surface area contributed by atoms with Crippen LogP contribution in [0.2, 0.25) is 10.0 Å². The lowest BCUT2D eigenvalue weighted by Crippen LogP contribution is -2.49. The summed E-state index contributed by atoms with van der Waals surface area (Å²) in [5.41, 5.74) is 1.93. The number of carbonyl (C=O) groups excluding carboxylic acids is 2. The normalized spacial score (nSPS) is 13.8. The number of ether oxygens (including phenoxy) is 1. The van der Waals surface area contributed by atoms with E-state index in [1.54, 1.807) is 35.2 Å². The molecule has 2 aromatic carbocycles. The maximum atomic E-state index is 13.1. The molecule has 0 spiro atoms. The number of nitrogens with one attached hydrogen (secondary N) is 1. The number of carbonyl (C=O) groups is 2. The molecule has 0 saturated carbocycles. The van der Waals surface area contributed by atoms with Crippen LogP contribution in [0, 0.1) is 0 Å². The van der Waals surface area contributed by atoms with Gasteiger partial charge in [-0.25, -0.2) is 4.98 Å². The summed E-state index contributed by atoms with van der Waals surface area (Å²) in [7, 11) is 1.50. The molecule has 9 nitrogen and oxygen atoms in total. The third-order valence-electron chi connectivity index (χ3n) is 5.86. The lowest BCUT2D eigenvalue weighted by Gasteiger charge is -2.36. The Balaban J connectivity index is 1.43. The van der Waals surface area contributed by atoms with Gasteiger partial charge in [0.15, 0.2) is 0 Å². The van der Waals surface area contributed by atoms with Gasteiger partial charge in [-0.15, -0.1) is 0 Å². The molecule has 1 fully saturated rings. The van der Waals surface area contributed by atoms with Gasteiger partial charge in [0.05, 0.1) is 27.3 Å². The third-order valence-corrected chi connectivity index (χ3v) is 6.60.